The lowest BCUT2D eigenvalue weighted by Crippen LogP contribution is -2.19. The van der Waals surface area contributed by atoms with Gasteiger partial charge in [-0.1, -0.05) is 0 Å². The number of rotatable bonds is 4. The van der Waals surface area contributed by atoms with Gasteiger partial charge in [0.15, 0.2) is 5.65 Å². The fourth-order valence-electron chi connectivity index (χ4n) is 2.45. The van der Waals surface area contributed by atoms with Crippen LogP contribution in [0.15, 0.2) is 6.20 Å². The van der Waals surface area contributed by atoms with Crippen LogP contribution in [0.2, 0.25) is 0 Å². The van der Waals surface area contributed by atoms with Crippen molar-refractivity contribution >= 4 is 11.2 Å². The second-order valence-electron chi connectivity index (χ2n) is 5.32. The van der Waals surface area contributed by atoms with Crippen LogP contribution in [0.5, 0.6) is 12.0 Å². The van der Waals surface area contributed by atoms with Crippen molar-refractivity contribution in [3.05, 3.63) is 6.20 Å². The summed E-state index contributed by atoms with van der Waals surface area (Å²) in [7, 11) is 1.60. The zero-order valence-corrected chi connectivity index (χ0v) is 12.6. The number of methoxy groups -OCH3 is 1. The van der Waals surface area contributed by atoms with Crippen molar-refractivity contribution in [2.45, 2.75) is 45.4 Å². The molecule has 1 aliphatic rings. The first-order valence-electron chi connectivity index (χ1n) is 7.26. The minimum Gasteiger partial charge on any atom is -0.468 e. The Bertz CT molecular complexity index is 620. The number of hydrogen-bond acceptors (Lipinski definition) is 6. The minimum absolute atomic E-state index is 0.0200. The van der Waals surface area contributed by atoms with Crippen LogP contribution in [0.3, 0.4) is 0 Å². The summed E-state index contributed by atoms with van der Waals surface area (Å²) in [4.78, 5) is 13.0. The molecule has 2 aromatic rings. The molecule has 0 saturated carbocycles. The van der Waals surface area contributed by atoms with Crippen molar-refractivity contribution in [1.29, 1.82) is 0 Å². The molecule has 114 valence electrons. The fraction of sp³-hybridized carbons (Fsp3) is 0.643. The van der Waals surface area contributed by atoms with Gasteiger partial charge in [0.05, 0.1) is 19.4 Å². The molecular weight excluding hydrogens is 272 g/mol. The highest BCUT2D eigenvalue weighted by molar-refractivity contribution is 5.71. The Labute approximate surface area is 123 Å². The molecule has 1 fully saturated rings. The molecular formula is C14H20N4O3. The Morgan fingerprint density at radius 3 is 2.86 bits per heavy atom. The molecule has 0 aromatic carbocycles. The van der Waals surface area contributed by atoms with Crippen LogP contribution in [0.25, 0.3) is 11.2 Å². The van der Waals surface area contributed by atoms with Gasteiger partial charge in [-0.25, -0.2) is 4.98 Å². The molecule has 2 aromatic heterocycles. The minimum atomic E-state index is -0.0968. The van der Waals surface area contributed by atoms with Crippen LogP contribution in [0.4, 0.5) is 0 Å². The molecule has 0 N–H and O–H groups in total. The molecule has 0 amide bonds. The first-order valence-corrected chi connectivity index (χ1v) is 7.26. The normalized spacial score (nSPS) is 19.1. The molecule has 21 heavy (non-hydrogen) atoms. The van der Waals surface area contributed by atoms with Crippen LogP contribution in [0.1, 0.15) is 39.3 Å². The van der Waals surface area contributed by atoms with E-state index < -0.39 is 0 Å². The highest BCUT2D eigenvalue weighted by atomic mass is 16.5. The number of fused-ring (bicyclic) bond motifs is 1. The number of hydrogen-bond donors (Lipinski definition) is 0. The van der Waals surface area contributed by atoms with Gasteiger partial charge in [-0.3, -0.25) is 4.57 Å². The van der Waals surface area contributed by atoms with E-state index in [1.807, 2.05) is 18.4 Å². The molecule has 3 rings (SSSR count). The first-order chi connectivity index (χ1) is 10.2. The zero-order chi connectivity index (χ0) is 14.8. The highest BCUT2D eigenvalue weighted by Gasteiger charge is 2.24. The van der Waals surface area contributed by atoms with Crippen LogP contribution in [-0.2, 0) is 4.74 Å². The van der Waals surface area contributed by atoms with Gasteiger partial charge in [-0.2, -0.15) is 9.97 Å². The summed E-state index contributed by atoms with van der Waals surface area (Å²) < 4.78 is 18.7. The van der Waals surface area contributed by atoms with E-state index in [-0.39, 0.29) is 12.3 Å². The highest BCUT2D eigenvalue weighted by Crippen LogP contribution is 2.31. The summed E-state index contributed by atoms with van der Waals surface area (Å²) in [6.07, 6.45) is 4.71. The Hall–Kier alpha value is -1.89. The van der Waals surface area contributed by atoms with E-state index in [9.17, 15) is 0 Å². The Morgan fingerprint density at radius 1 is 1.33 bits per heavy atom. The van der Waals surface area contributed by atoms with E-state index in [1.165, 1.54) is 0 Å². The van der Waals surface area contributed by atoms with Crippen molar-refractivity contribution in [2.24, 2.45) is 0 Å². The predicted molar refractivity (Wildman–Crippen MR) is 76.5 cm³/mol. The molecule has 3 heterocycles. The predicted octanol–water partition coefficient (Wildman–Crippen LogP) is 2.32. The van der Waals surface area contributed by atoms with Crippen molar-refractivity contribution in [3.8, 4) is 12.0 Å². The van der Waals surface area contributed by atoms with E-state index in [0.29, 0.717) is 23.2 Å². The second-order valence-corrected chi connectivity index (χ2v) is 5.32. The third kappa shape index (κ3) is 2.78. The molecule has 0 radical (unpaired) electrons. The van der Waals surface area contributed by atoms with Crippen LogP contribution >= 0.6 is 0 Å². The van der Waals surface area contributed by atoms with Gasteiger partial charge in [0.1, 0.15) is 11.7 Å². The van der Waals surface area contributed by atoms with E-state index in [0.717, 1.165) is 25.9 Å². The van der Waals surface area contributed by atoms with Gasteiger partial charge in [-0.05, 0) is 33.1 Å². The molecule has 1 saturated heterocycles. The van der Waals surface area contributed by atoms with Crippen molar-refractivity contribution < 1.29 is 14.2 Å². The maximum atomic E-state index is 5.84. The third-order valence-corrected chi connectivity index (χ3v) is 3.35. The first kappa shape index (κ1) is 14.1. The van der Waals surface area contributed by atoms with Gasteiger partial charge >= 0.3 is 12.0 Å². The quantitative estimate of drug-likeness (QED) is 0.861. The molecule has 7 heteroatoms. The molecule has 1 atom stereocenters. The smallest absolute Gasteiger partial charge is 0.318 e. The van der Waals surface area contributed by atoms with Gasteiger partial charge in [0.2, 0.25) is 0 Å². The van der Waals surface area contributed by atoms with E-state index >= 15 is 0 Å². The SMILES string of the molecule is COc1nc2cnc(OC(C)C)nc2n1C1CCCCO1. The molecule has 0 spiro atoms. The summed E-state index contributed by atoms with van der Waals surface area (Å²) in [6.45, 7) is 4.62. The number of aromatic nitrogens is 4. The van der Waals surface area contributed by atoms with Gasteiger partial charge in [-0.15, -0.1) is 0 Å². The number of imidazole rings is 1. The Kier molecular flexibility index (Phi) is 3.92. The standard InChI is InChI=1S/C14H20N4O3/c1-9(2)21-13-15-8-10-12(17-13)18(14(16-10)19-3)11-6-4-5-7-20-11/h8-9,11H,4-7H2,1-3H3. The van der Waals surface area contributed by atoms with Crippen LogP contribution < -0.4 is 9.47 Å². The van der Waals surface area contributed by atoms with Gasteiger partial charge in [0, 0.05) is 6.61 Å². The Morgan fingerprint density at radius 2 is 2.19 bits per heavy atom. The monoisotopic (exact) mass is 292 g/mol. The lowest BCUT2D eigenvalue weighted by molar-refractivity contribution is -0.0334. The molecule has 0 aliphatic carbocycles. The van der Waals surface area contributed by atoms with Crippen LogP contribution in [-0.4, -0.2) is 39.3 Å². The van der Waals surface area contributed by atoms with Crippen molar-refractivity contribution in [2.75, 3.05) is 13.7 Å². The maximum Gasteiger partial charge on any atom is 0.318 e. The van der Waals surface area contributed by atoms with Gasteiger partial charge < -0.3 is 14.2 Å². The average Bonchev–Trinajstić information content (AvgIpc) is 2.85. The molecule has 7 nitrogen and oxygen atoms in total. The topological polar surface area (TPSA) is 71.3 Å². The summed E-state index contributed by atoms with van der Waals surface area (Å²) in [5.41, 5.74) is 1.36. The summed E-state index contributed by atoms with van der Waals surface area (Å²) in [6, 6.07) is 0.838. The lowest BCUT2D eigenvalue weighted by Gasteiger charge is -2.24. The van der Waals surface area contributed by atoms with Gasteiger partial charge in [0.25, 0.3) is 0 Å². The number of nitrogens with zero attached hydrogens (tertiary/aromatic N) is 4. The Balaban J connectivity index is 2.05. The maximum absolute atomic E-state index is 5.84. The molecule has 0 bridgehead atoms. The second kappa shape index (κ2) is 5.85. The molecule has 1 unspecified atom stereocenters. The van der Waals surface area contributed by atoms with E-state index in [1.54, 1.807) is 13.3 Å². The third-order valence-electron chi connectivity index (χ3n) is 3.35. The van der Waals surface area contributed by atoms with Crippen molar-refractivity contribution in [3.63, 3.8) is 0 Å². The summed E-state index contributed by atoms with van der Waals surface area (Å²) >= 11 is 0. The van der Waals surface area contributed by atoms with E-state index in [2.05, 4.69) is 15.0 Å². The zero-order valence-electron chi connectivity index (χ0n) is 12.6. The lowest BCUT2D eigenvalue weighted by atomic mass is 10.2. The fourth-order valence-corrected chi connectivity index (χ4v) is 2.45. The average molecular weight is 292 g/mol. The summed E-state index contributed by atoms with van der Waals surface area (Å²) in [5, 5.41) is 0. The largest absolute Gasteiger partial charge is 0.468 e. The number of ether oxygens (including phenoxy) is 3. The van der Waals surface area contributed by atoms with Crippen molar-refractivity contribution in [1.82, 2.24) is 19.5 Å². The van der Waals surface area contributed by atoms with E-state index in [4.69, 9.17) is 14.2 Å². The molecule has 1 aliphatic heterocycles. The van der Waals surface area contributed by atoms with Crippen LogP contribution in [0, 0.1) is 0 Å². The summed E-state index contributed by atoms with van der Waals surface area (Å²) in [5.74, 6) is 0.